The Kier molecular flexibility index (Phi) is 6.02. The standard InChI is InChI=1S/C18H22FNO4S/c1-12-11-17(13(2)14(3)18(12)23-4)25(21,22)20-9-10-24-16-7-5-15(19)6-8-16/h5-8,11,20H,9-10H2,1-4H3. The monoisotopic (exact) mass is 367 g/mol. The lowest BCUT2D eigenvalue weighted by Crippen LogP contribution is -2.29. The first-order valence-corrected chi connectivity index (χ1v) is 9.27. The Balaban J connectivity index is 2.05. The molecular weight excluding hydrogens is 345 g/mol. The summed E-state index contributed by atoms with van der Waals surface area (Å²) < 4.78 is 51.2. The lowest BCUT2D eigenvalue weighted by Gasteiger charge is -2.16. The molecule has 0 atom stereocenters. The van der Waals surface area contributed by atoms with Gasteiger partial charge in [0, 0.05) is 6.54 Å². The molecule has 25 heavy (non-hydrogen) atoms. The highest BCUT2D eigenvalue weighted by Crippen LogP contribution is 2.30. The van der Waals surface area contributed by atoms with E-state index in [2.05, 4.69) is 4.72 Å². The number of hydrogen-bond donors (Lipinski definition) is 1. The van der Waals surface area contributed by atoms with Crippen molar-refractivity contribution in [1.29, 1.82) is 0 Å². The second-order valence-corrected chi connectivity index (χ2v) is 7.41. The van der Waals surface area contributed by atoms with E-state index in [9.17, 15) is 12.8 Å². The molecule has 0 bridgehead atoms. The molecule has 0 radical (unpaired) electrons. The summed E-state index contributed by atoms with van der Waals surface area (Å²) in [5.74, 6) is 0.817. The maximum absolute atomic E-state index is 12.8. The number of ether oxygens (including phenoxy) is 2. The molecule has 1 N–H and O–H groups in total. The van der Waals surface area contributed by atoms with Crippen LogP contribution in [0.3, 0.4) is 0 Å². The molecule has 0 saturated heterocycles. The van der Waals surface area contributed by atoms with Gasteiger partial charge in [0.05, 0.1) is 12.0 Å². The highest BCUT2D eigenvalue weighted by atomic mass is 32.2. The molecule has 0 aromatic heterocycles. The van der Waals surface area contributed by atoms with Gasteiger partial charge in [0.1, 0.15) is 23.9 Å². The van der Waals surface area contributed by atoms with Crippen LogP contribution in [-0.4, -0.2) is 28.7 Å². The predicted molar refractivity (Wildman–Crippen MR) is 94.3 cm³/mol. The Bertz CT molecular complexity index is 848. The average Bonchev–Trinajstić information content (AvgIpc) is 2.57. The van der Waals surface area contributed by atoms with E-state index in [0.29, 0.717) is 17.1 Å². The van der Waals surface area contributed by atoms with Gasteiger partial charge >= 0.3 is 0 Å². The molecule has 0 aliphatic rings. The van der Waals surface area contributed by atoms with Gasteiger partial charge in [-0.05, 0) is 67.8 Å². The highest BCUT2D eigenvalue weighted by Gasteiger charge is 2.21. The Morgan fingerprint density at radius 2 is 1.72 bits per heavy atom. The minimum atomic E-state index is -3.67. The number of halogens is 1. The van der Waals surface area contributed by atoms with Gasteiger partial charge in [0.15, 0.2) is 0 Å². The number of sulfonamides is 1. The minimum absolute atomic E-state index is 0.100. The number of hydrogen-bond acceptors (Lipinski definition) is 4. The van der Waals surface area contributed by atoms with E-state index in [1.807, 2.05) is 13.8 Å². The minimum Gasteiger partial charge on any atom is -0.496 e. The zero-order valence-electron chi connectivity index (χ0n) is 14.7. The molecule has 0 fully saturated rings. The van der Waals surface area contributed by atoms with E-state index < -0.39 is 10.0 Å². The summed E-state index contributed by atoms with van der Waals surface area (Å²) in [6, 6.07) is 7.15. The van der Waals surface area contributed by atoms with E-state index >= 15 is 0 Å². The lowest BCUT2D eigenvalue weighted by atomic mass is 10.1. The van der Waals surface area contributed by atoms with Crippen molar-refractivity contribution < 1.29 is 22.3 Å². The number of methoxy groups -OCH3 is 1. The fourth-order valence-corrected chi connectivity index (χ4v) is 3.96. The molecule has 0 aliphatic carbocycles. The molecule has 136 valence electrons. The Hall–Kier alpha value is -2.12. The molecule has 2 aromatic carbocycles. The molecule has 2 aromatic rings. The molecule has 2 rings (SSSR count). The van der Waals surface area contributed by atoms with Gasteiger partial charge in [-0.2, -0.15) is 0 Å². The van der Waals surface area contributed by atoms with Gasteiger partial charge in [0.2, 0.25) is 10.0 Å². The van der Waals surface area contributed by atoms with E-state index in [1.54, 1.807) is 20.1 Å². The zero-order chi connectivity index (χ0) is 18.6. The van der Waals surface area contributed by atoms with Crippen molar-refractivity contribution in [2.75, 3.05) is 20.3 Å². The predicted octanol–water partition coefficient (Wildman–Crippen LogP) is 3.12. The van der Waals surface area contributed by atoms with Crippen molar-refractivity contribution in [2.24, 2.45) is 0 Å². The largest absolute Gasteiger partial charge is 0.496 e. The average molecular weight is 367 g/mol. The summed E-state index contributed by atoms with van der Waals surface area (Å²) in [5, 5.41) is 0. The lowest BCUT2D eigenvalue weighted by molar-refractivity contribution is 0.322. The fraction of sp³-hybridized carbons (Fsp3) is 0.333. The van der Waals surface area contributed by atoms with Crippen LogP contribution in [0.5, 0.6) is 11.5 Å². The van der Waals surface area contributed by atoms with Crippen LogP contribution in [-0.2, 0) is 10.0 Å². The number of rotatable bonds is 7. The second-order valence-electron chi connectivity index (χ2n) is 5.68. The highest BCUT2D eigenvalue weighted by molar-refractivity contribution is 7.89. The topological polar surface area (TPSA) is 64.6 Å². The molecule has 7 heteroatoms. The molecule has 0 heterocycles. The van der Waals surface area contributed by atoms with Crippen LogP contribution in [0.15, 0.2) is 35.2 Å². The van der Waals surface area contributed by atoms with Crippen LogP contribution in [0.4, 0.5) is 4.39 Å². The van der Waals surface area contributed by atoms with Crippen molar-refractivity contribution in [2.45, 2.75) is 25.7 Å². The summed E-state index contributed by atoms with van der Waals surface area (Å²) in [4.78, 5) is 0.227. The van der Waals surface area contributed by atoms with E-state index in [4.69, 9.17) is 9.47 Å². The van der Waals surface area contributed by atoms with Crippen LogP contribution in [0.25, 0.3) is 0 Å². The van der Waals surface area contributed by atoms with E-state index in [1.165, 1.54) is 24.3 Å². The van der Waals surface area contributed by atoms with Crippen LogP contribution in [0.1, 0.15) is 16.7 Å². The van der Waals surface area contributed by atoms with Crippen molar-refractivity contribution >= 4 is 10.0 Å². The smallest absolute Gasteiger partial charge is 0.240 e. The molecular formula is C18H22FNO4S. The third-order valence-electron chi connectivity index (χ3n) is 3.95. The number of aryl methyl sites for hydroxylation is 1. The second kappa shape index (κ2) is 7.84. The van der Waals surface area contributed by atoms with Crippen LogP contribution in [0.2, 0.25) is 0 Å². The third-order valence-corrected chi connectivity index (χ3v) is 5.54. The summed E-state index contributed by atoms with van der Waals surface area (Å²) in [6.45, 7) is 5.63. The van der Waals surface area contributed by atoms with Crippen molar-refractivity contribution in [3.05, 3.63) is 52.8 Å². The first-order chi connectivity index (χ1) is 11.8. The zero-order valence-corrected chi connectivity index (χ0v) is 15.5. The van der Waals surface area contributed by atoms with Gasteiger partial charge in [-0.3, -0.25) is 0 Å². The quantitative estimate of drug-likeness (QED) is 0.764. The summed E-state index contributed by atoms with van der Waals surface area (Å²) in [5.41, 5.74) is 2.20. The molecule has 0 amide bonds. The Morgan fingerprint density at radius 1 is 1.08 bits per heavy atom. The normalized spacial score (nSPS) is 11.4. The number of nitrogens with one attached hydrogen (secondary N) is 1. The Labute approximate surface area is 147 Å². The van der Waals surface area contributed by atoms with Gasteiger partial charge in [0.25, 0.3) is 0 Å². The van der Waals surface area contributed by atoms with Crippen LogP contribution in [0, 0.1) is 26.6 Å². The van der Waals surface area contributed by atoms with E-state index in [0.717, 1.165) is 11.1 Å². The summed E-state index contributed by atoms with van der Waals surface area (Å²) in [6.07, 6.45) is 0. The van der Waals surface area contributed by atoms with Crippen LogP contribution >= 0.6 is 0 Å². The maximum Gasteiger partial charge on any atom is 0.240 e. The molecule has 0 spiro atoms. The first-order valence-electron chi connectivity index (χ1n) is 7.79. The molecule has 0 unspecified atom stereocenters. The number of benzene rings is 2. The van der Waals surface area contributed by atoms with Crippen LogP contribution < -0.4 is 14.2 Å². The SMILES string of the molecule is COc1c(C)cc(S(=O)(=O)NCCOc2ccc(F)cc2)c(C)c1C. The molecule has 0 aliphatic heterocycles. The van der Waals surface area contributed by atoms with E-state index in [-0.39, 0.29) is 23.9 Å². The van der Waals surface area contributed by atoms with Gasteiger partial charge < -0.3 is 9.47 Å². The van der Waals surface area contributed by atoms with Crippen molar-refractivity contribution in [3.8, 4) is 11.5 Å². The first kappa shape index (κ1) is 19.2. The molecule has 5 nitrogen and oxygen atoms in total. The summed E-state index contributed by atoms with van der Waals surface area (Å²) >= 11 is 0. The van der Waals surface area contributed by atoms with Gasteiger partial charge in [-0.25, -0.2) is 17.5 Å². The fourth-order valence-electron chi connectivity index (χ4n) is 2.57. The third kappa shape index (κ3) is 4.49. The van der Waals surface area contributed by atoms with Crippen molar-refractivity contribution in [3.63, 3.8) is 0 Å². The maximum atomic E-state index is 12.8. The Morgan fingerprint density at radius 3 is 2.32 bits per heavy atom. The molecule has 0 saturated carbocycles. The summed E-state index contributed by atoms with van der Waals surface area (Å²) in [7, 11) is -2.10. The van der Waals surface area contributed by atoms with Crippen molar-refractivity contribution in [1.82, 2.24) is 4.72 Å². The van der Waals surface area contributed by atoms with Gasteiger partial charge in [-0.15, -0.1) is 0 Å². The van der Waals surface area contributed by atoms with Gasteiger partial charge in [-0.1, -0.05) is 0 Å².